The second kappa shape index (κ2) is 12.3. The van der Waals surface area contributed by atoms with Crippen molar-refractivity contribution in [2.24, 2.45) is 0 Å². The summed E-state index contributed by atoms with van der Waals surface area (Å²) in [5, 5.41) is 2.95. The van der Waals surface area contributed by atoms with Crippen LogP contribution in [0.3, 0.4) is 0 Å². The lowest BCUT2D eigenvalue weighted by atomic mass is 10.1. The molecule has 0 spiro atoms. The van der Waals surface area contributed by atoms with Gasteiger partial charge in [0.1, 0.15) is 11.8 Å². The van der Waals surface area contributed by atoms with Crippen LogP contribution in [-0.4, -0.2) is 56.6 Å². The lowest BCUT2D eigenvalue weighted by Crippen LogP contribution is -2.52. The maximum Gasteiger partial charge on any atom is 0.242 e. The van der Waals surface area contributed by atoms with Crippen LogP contribution in [0.25, 0.3) is 0 Å². The molecule has 1 unspecified atom stereocenters. The SMILES string of the molecule is COc1ccc(N(CCCC(=O)N(Cc2ccccc2C)C(C)C(=O)NC(C)(C)C)S(C)(=O)=O)cc1. The first-order valence-corrected chi connectivity index (χ1v) is 13.9. The molecule has 2 rings (SSSR count). The van der Waals surface area contributed by atoms with E-state index in [9.17, 15) is 18.0 Å². The van der Waals surface area contributed by atoms with Crippen molar-refractivity contribution in [3.63, 3.8) is 0 Å². The molecule has 0 bridgehead atoms. The van der Waals surface area contributed by atoms with Crippen LogP contribution in [0.15, 0.2) is 48.5 Å². The molecule has 8 nitrogen and oxygen atoms in total. The number of amides is 2. The van der Waals surface area contributed by atoms with Crippen LogP contribution < -0.4 is 14.4 Å². The smallest absolute Gasteiger partial charge is 0.242 e. The van der Waals surface area contributed by atoms with Crippen LogP contribution in [0.4, 0.5) is 5.69 Å². The molecular formula is C27H39N3O5S. The molecule has 0 saturated heterocycles. The molecule has 2 aromatic rings. The number of hydrogen-bond donors (Lipinski definition) is 1. The number of nitrogens with one attached hydrogen (secondary N) is 1. The average Bonchev–Trinajstić information content (AvgIpc) is 2.79. The number of benzene rings is 2. The molecule has 1 N–H and O–H groups in total. The Balaban J connectivity index is 2.19. The third-order valence-corrected chi connectivity index (χ3v) is 6.97. The Morgan fingerprint density at radius 1 is 1.06 bits per heavy atom. The Morgan fingerprint density at radius 3 is 2.19 bits per heavy atom. The van der Waals surface area contributed by atoms with Crippen LogP contribution in [-0.2, 0) is 26.2 Å². The van der Waals surface area contributed by atoms with Gasteiger partial charge in [-0.3, -0.25) is 13.9 Å². The van der Waals surface area contributed by atoms with Crippen LogP contribution in [0.1, 0.15) is 51.7 Å². The minimum atomic E-state index is -3.56. The van der Waals surface area contributed by atoms with E-state index in [0.717, 1.165) is 17.4 Å². The number of hydrogen-bond acceptors (Lipinski definition) is 5. The molecule has 0 fully saturated rings. The molecule has 1 atom stereocenters. The molecule has 0 heterocycles. The third kappa shape index (κ3) is 8.55. The summed E-state index contributed by atoms with van der Waals surface area (Å²) in [6.45, 7) is 9.79. The van der Waals surface area contributed by atoms with Crippen LogP contribution in [0.5, 0.6) is 5.75 Å². The highest BCUT2D eigenvalue weighted by atomic mass is 32.2. The number of nitrogens with zero attached hydrogens (tertiary/aromatic N) is 2. The number of carbonyl (C=O) groups is 2. The lowest BCUT2D eigenvalue weighted by molar-refractivity contribution is -0.141. The van der Waals surface area contributed by atoms with Crippen molar-refractivity contribution in [2.75, 3.05) is 24.2 Å². The second-order valence-corrected chi connectivity index (χ2v) is 11.9. The molecule has 2 amide bonds. The number of carbonyl (C=O) groups excluding carboxylic acids is 2. The van der Waals surface area contributed by atoms with E-state index in [-0.39, 0.29) is 24.8 Å². The van der Waals surface area contributed by atoms with Gasteiger partial charge in [0.2, 0.25) is 21.8 Å². The van der Waals surface area contributed by atoms with E-state index >= 15 is 0 Å². The fraction of sp³-hybridized carbons (Fsp3) is 0.481. The minimum Gasteiger partial charge on any atom is -0.497 e. The number of methoxy groups -OCH3 is 1. The maximum absolute atomic E-state index is 13.4. The number of aryl methyl sites for hydroxylation is 1. The largest absolute Gasteiger partial charge is 0.497 e. The van der Waals surface area contributed by atoms with Gasteiger partial charge in [-0.05, 0) is 76.4 Å². The van der Waals surface area contributed by atoms with E-state index in [4.69, 9.17) is 4.74 Å². The molecule has 0 aromatic heterocycles. The Hall–Kier alpha value is -3.07. The Bertz CT molecular complexity index is 1140. The van der Waals surface area contributed by atoms with Crippen LogP contribution in [0.2, 0.25) is 0 Å². The van der Waals surface area contributed by atoms with Crippen molar-refractivity contribution in [3.05, 3.63) is 59.7 Å². The molecule has 36 heavy (non-hydrogen) atoms. The summed E-state index contributed by atoms with van der Waals surface area (Å²) in [5.74, 6) is 0.176. The molecule has 0 aliphatic heterocycles. The standard InChI is InChI=1S/C27H39N3O5S/c1-20-11-8-9-12-22(20)19-29(21(2)26(32)28-27(3,4)5)25(31)13-10-18-30(36(7,33)34)23-14-16-24(35-6)17-15-23/h8-9,11-12,14-17,21H,10,13,18-19H2,1-7H3,(H,28,32). The molecule has 198 valence electrons. The van der Waals surface area contributed by atoms with Crippen molar-refractivity contribution < 1.29 is 22.7 Å². The van der Waals surface area contributed by atoms with E-state index in [1.807, 2.05) is 52.0 Å². The Morgan fingerprint density at radius 2 is 1.67 bits per heavy atom. The van der Waals surface area contributed by atoms with Gasteiger partial charge in [-0.25, -0.2) is 8.42 Å². The fourth-order valence-electron chi connectivity index (χ4n) is 3.78. The highest BCUT2D eigenvalue weighted by molar-refractivity contribution is 7.92. The van der Waals surface area contributed by atoms with E-state index in [2.05, 4.69) is 5.32 Å². The van der Waals surface area contributed by atoms with Gasteiger partial charge >= 0.3 is 0 Å². The van der Waals surface area contributed by atoms with Gasteiger partial charge in [0.15, 0.2) is 0 Å². The fourth-order valence-corrected chi connectivity index (χ4v) is 4.75. The normalized spacial score (nSPS) is 12.5. The van der Waals surface area contributed by atoms with Gasteiger partial charge in [0.05, 0.1) is 19.1 Å². The van der Waals surface area contributed by atoms with Gasteiger partial charge in [0.25, 0.3) is 0 Å². The summed E-state index contributed by atoms with van der Waals surface area (Å²) in [6.07, 6.45) is 1.54. The summed E-state index contributed by atoms with van der Waals surface area (Å²) < 4.78 is 31.3. The zero-order chi connectivity index (χ0) is 27.1. The number of ether oxygens (including phenoxy) is 1. The van der Waals surface area contributed by atoms with Crippen molar-refractivity contribution in [1.29, 1.82) is 0 Å². The van der Waals surface area contributed by atoms with Crippen LogP contribution >= 0.6 is 0 Å². The van der Waals surface area contributed by atoms with Gasteiger partial charge < -0.3 is 15.0 Å². The van der Waals surface area contributed by atoms with Gasteiger partial charge in [0, 0.05) is 25.0 Å². The molecule has 0 aliphatic rings. The van der Waals surface area contributed by atoms with E-state index in [1.165, 1.54) is 4.31 Å². The van der Waals surface area contributed by atoms with Crippen molar-refractivity contribution >= 4 is 27.5 Å². The first kappa shape index (κ1) is 29.2. The zero-order valence-corrected chi connectivity index (χ0v) is 23.2. The minimum absolute atomic E-state index is 0.0984. The maximum atomic E-state index is 13.4. The quantitative estimate of drug-likeness (QED) is 0.488. The van der Waals surface area contributed by atoms with E-state index in [0.29, 0.717) is 24.4 Å². The Labute approximate surface area is 215 Å². The molecule has 0 saturated carbocycles. The summed E-state index contributed by atoms with van der Waals surface area (Å²) in [6, 6.07) is 13.8. The summed E-state index contributed by atoms with van der Waals surface area (Å²) in [5.41, 5.74) is 2.05. The van der Waals surface area contributed by atoms with Gasteiger partial charge in [-0.2, -0.15) is 0 Å². The summed E-state index contributed by atoms with van der Waals surface area (Å²) >= 11 is 0. The van der Waals surface area contributed by atoms with Crippen molar-refractivity contribution in [3.8, 4) is 5.75 Å². The predicted molar refractivity (Wildman–Crippen MR) is 144 cm³/mol. The topological polar surface area (TPSA) is 96.0 Å². The van der Waals surface area contributed by atoms with Crippen LogP contribution in [0, 0.1) is 6.92 Å². The predicted octanol–water partition coefficient (Wildman–Crippen LogP) is 3.88. The number of anilines is 1. The molecule has 0 aliphatic carbocycles. The molecule has 0 radical (unpaired) electrons. The average molecular weight is 518 g/mol. The van der Waals surface area contributed by atoms with E-state index < -0.39 is 21.6 Å². The highest BCUT2D eigenvalue weighted by Gasteiger charge is 2.29. The van der Waals surface area contributed by atoms with E-state index in [1.54, 1.807) is 43.2 Å². The Kier molecular flexibility index (Phi) is 9.93. The summed E-state index contributed by atoms with van der Waals surface area (Å²) in [7, 11) is -2.01. The molecular weight excluding hydrogens is 478 g/mol. The van der Waals surface area contributed by atoms with Crippen molar-refractivity contribution in [2.45, 2.75) is 65.6 Å². The number of sulfonamides is 1. The van der Waals surface area contributed by atoms with Gasteiger partial charge in [-0.15, -0.1) is 0 Å². The first-order chi connectivity index (χ1) is 16.7. The molecule has 9 heteroatoms. The zero-order valence-electron chi connectivity index (χ0n) is 22.4. The lowest BCUT2D eigenvalue weighted by Gasteiger charge is -2.32. The highest BCUT2D eigenvalue weighted by Crippen LogP contribution is 2.22. The first-order valence-electron chi connectivity index (χ1n) is 12.0. The monoisotopic (exact) mass is 517 g/mol. The third-order valence-electron chi connectivity index (χ3n) is 5.78. The van der Waals surface area contributed by atoms with Gasteiger partial charge in [-0.1, -0.05) is 24.3 Å². The number of rotatable bonds is 11. The van der Waals surface area contributed by atoms with Crippen molar-refractivity contribution in [1.82, 2.24) is 10.2 Å². The second-order valence-electron chi connectivity index (χ2n) is 10.0. The summed E-state index contributed by atoms with van der Waals surface area (Å²) in [4.78, 5) is 27.9. The molecule has 2 aromatic carbocycles.